The zero-order chi connectivity index (χ0) is 24.7. The third-order valence-corrected chi connectivity index (χ3v) is 5.36. The van der Waals surface area contributed by atoms with E-state index < -0.39 is 0 Å². The molecule has 0 aliphatic heterocycles. The number of hydrogen-bond acceptors (Lipinski definition) is 6. The number of rotatable bonds is 6. The summed E-state index contributed by atoms with van der Waals surface area (Å²) in [6.45, 7) is 0. The van der Waals surface area contributed by atoms with Crippen molar-refractivity contribution in [2.45, 2.75) is 0 Å². The number of nitrogens with one attached hydrogen (secondary N) is 2. The molecule has 36 heavy (non-hydrogen) atoms. The number of aromatic nitrogens is 2. The summed E-state index contributed by atoms with van der Waals surface area (Å²) in [6.07, 6.45) is 2.98. The lowest BCUT2D eigenvalue weighted by molar-refractivity contribution is 0.0947. The average molecular weight is 473 g/mol. The van der Waals surface area contributed by atoms with E-state index in [1.54, 1.807) is 48.5 Å². The van der Waals surface area contributed by atoms with Crippen LogP contribution in [0.15, 0.2) is 107 Å². The van der Waals surface area contributed by atoms with Gasteiger partial charge in [-0.25, -0.2) is 20.8 Å². The molecule has 2 aromatic heterocycles. The van der Waals surface area contributed by atoms with Gasteiger partial charge in [-0.05, 0) is 36.4 Å². The molecule has 0 radical (unpaired) electrons. The van der Waals surface area contributed by atoms with Crippen molar-refractivity contribution in [3.05, 3.63) is 120 Å². The van der Waals surface area contributed by atoms with E-state index in [0.29, 0.717) is 33.5 Å². The highest BCUT2D eigenvalue weighted by molar-refractivity contribution is 6.04. The average Bonchev–Trinajstić information content (AvgIpc) is 2.93. The molecule has 0 saturated carbocycles. The highest BCUT2D eigenvalue weighted by Gasteiger charge is 2.07. The molecule has 0 bridgehead atoms. The molecule has 0 fully saturated rings. The highest BCUT2D eigenvalue weighted by atomic mass is 16.2. The van der Waals surface area contributed by atoms with Crippen molar-refractivity contribution in [1.82, 2.24) is 20.8 Å². The second-order valence-corrected chi connectivity index (χ2v) is 7.81. The summed E-state index contributed by atoms with van der Waals surface area (Å²) >= 11 is 0. The lowest BCUT2D eigenvalue weighted by Crippen LogP contribution is -2.17. The zero-order valence-electron chi connectivity index (χ0n) is 19.0. The van der Waals surface area contributed by atoms with Gasteiger partial charge in [-0.1, -0.05) is 60.7 Å². The molecule has 2 N–H and O–H groups in total. The largest absolute Gasteiger partial charge is 0.271 e. The maximum Gasteiger partial charge on any atom is 0.271 e. The SMILES string of the molecule is O=C(NN=Cc1ccc2ccc3ccc(/C=N/NC(=O)c4ccccc4)nc3c2n1)c1ccccc1. The molecule has 0 aliphatic carbocycles. The van der Waals surface area contributed by atoms with Crippen LogP contribution in [0.2, 0.25) is 0 Å². The van der Waals surface area contributed by atoms with Crippen molar-refractivity contribution in [1.29, 1.82) is 0 Å². The first-order valence-electron chi connectivity index (χ1n) is 11.1. The Morgan fingerprint density at radius 2 is 0.944 bits per heavy atom. The first-order chi connectivity index (χ1) is 17.7. The van der Waals surface area contributed by atoms with Crippen LogP contribution >= 0.6 is 0 Å². The fourth-order valence-electron chi connectivity index (χ4n) is 3.56. The molecule has 8 nitrogen and oxygen atoms in total. The van der Waals surface area contributed by atoms with Crippen molar-refractivity contribution in [2.75, 3.05) is 0 Å². The van der Waals surface area contributed by atoms with E-state index >= 15 is 0 Å². The number of nitrogens with zero attached hydrogens (tertiary/aromatic N) is 4. The number of carbonyl (C=O) groups is 2. The van der Waals surface area contributed by atoms with Crippen LogP contribution in [0.25, 0.3) is 21.8 Å². The molecule has 174 valence electrons. The van der Waals surface area contributed by atoms with Crippen LogP contribution in [0.1, 0.15) is 32.1 Å². The van der Waals surface area contributed by atoms with Gasteiger partial charge in [0.25, 0.3) is 11.8 Å². The monoisotopic (exact) mass is 472 g/mol. The van der Waals surface area contributed by atoms with Gasteiger partial charge in [-0.15, -0.1) is 0 Å². The van der Waals surface area contributed by atoms with Gasteiger partial charge in [0, 0.05) is 21.9 Å². The van der Waals surface area contributed by atoms with Gasteiger partial charge in [0.15, 0.2) is 0 Å². The maximum atomic E-state index is 12.2. The molecule has 0 saturated heterocycles. The summed E-state index contributed by atoms with van der Waals surface area (Å²) in [5.41, 5.74) is 8.57. The summed E-state index contributed by atoms with van der Waals surface area (Å²) in [7, 11) is 0. The van der Waals surface area contributed by atoms with Crippen molar-refractivity contribution in [3.63, 3.8) is 0 Å². The Kier molecular flexibility index (Phi) is 6.48. The molecule has 5 rings (SSSR count). The van der Waals surface area contributed by atoms with E-state index in [0.717, 1.165) is 10.8 Å². The first kappa shape index (κ1) is 22.5. The van der Waals surface area contributed by atoms with Gasteiger partial charge >= 0.3 is 0 Å². The van der Waals surface area contributed by atoms with E-state index in [4.69, 9.17) is 0 Å². The van der Waals surface area contributed by atoms with Crippen LogP contribution in [-0.2, 0) is 0 Å². The fourth-order valence-corrected chi connectivity index (χ4v) is 3.56. The Hall–Kier alpha value is -5.24. The molecule has 5 aromatic rings. The predicted octanol–water partition coefficient (Wildman–Crippen LogP) is 4.31. The molecule has 0 atom stereocenters. The summed E-state index contributed by atoms with van der Waals surface area (Å²) < 4.78 is 0. The van der Waals surface area contributed by atoms with E-state index in [-0.39, 0.29) is 11.8 Å². The predicted molar refractivity (Wildman–Crippen MR) is 140 cm³/mol. The molecular formula is C28H20N6O2. The minimum absolute atomic E-state index is 0.303. The smallest absolute Gasteiger partial charge is 0.267 e. The number of amides is 2. The third-order valence-electron chi connectivity index (χ3n) is 5.36. The van der Waals surface area contributed by atoms with Crippen LogP contribution in [-0.4, -0.2) is 34.2 Å². The van der Waals surface area contributed by atoms with E-state index in [1.165, 1.54) is 12.4 Å². The Bertz CT molecular complexity index is 1490. The molecule has 3 aromatic carbocycles. The topological polar surface area (TPSA) is 109 Å². The molecule has 8 heteroatoms. The molecule has 0 spiro atoms. The number of pyridine rings is 2. The van der Waals surface area contributed by atoms with Gasteiger partial charge < -0.3 is 0 Å². The molecule has 2 amide bonds. The number of fused-ring (bicyclic) bond motifs is 3. The van der Waals surface area contributed by atoms with Gasteiger partial charge in [-0.3, -0.25) is 9.59 Å². The lowest BCUT2D eigenvalue weighted by Gasteiger charge is -2.05. The highest BCUT2D eigenvalue weighted by Crippen LogP contribution is 2.22. The van der Waals surface area contributed by atoms with Gasteiger partial charge in [-0.2, -0.15) is 10.2 Å². The summed E-state index contributed by atoms with van der Waals surface area (Å²) in [6, 6.07) is 29.1. The maximum absolute atomic E-state index is 12.2. The Morgan fingerprint density at radius 1 is 0.556 bits per heavy atom. The van der Waals surface area contributed by atoms with Gasteiger partial charge in [0.05, 0.1) is 34.9 Å². The van der Waals surface area contributed by atoms with Crippen LogP contribution in [0.3, 0.4) is 0 Å². The van der Waals surface area contributed by atoms with Gasteiger partial charge in [0.2, 0.25) is 0 Å². The normalized spacial score (nSPS) is 11.3. The number of hydrogen-bond donors (Lipinski definition) is 2. The quantitative estimate of drug-likeness (QED) is 0.218. The zero-order valence-corrected chi connectivity index (χ0v) is 19.0. The second-order valence-electron chi connectivity index (χ2n) is 7.81. The number of hydrazone groups is 2. The summed E-state index contributed by atoms with van der Waals surface area (Å²) in [4.78, 5) is 33.7. The number of benzene rings is 3. The second kappa shape index (κ2) is 10.4. The van der Waals surface area contributed by atoms with Gasteiger partial charge in [0.1, 0.15) is 0 Å². The summed E-state index contributed by atoms with van der Waals surface area (Å²) in [5, 5.41) is 9.89. The van der Waals surface area contributed by atoms with Crippen molar-refractivity contribution in [2.24, 2.45) is 10.2 Å². The minimum Gasteiger partial charge on any atom is -0.267 e. The van der Waals surface area contributed by atoms with E-state index in [1.807, 2.05) is 48.5 Å². The van der Waals surface area contributed by atoms with E-state index in [2.05, 4.69) is 31.0 Å². The standard InChI is InChI=1S/C28H20N6O2/c35-27(21-7-3-1-4-8-21)33-29-17-23-15-13-19-11-12-20-14-16-24(32-26(20)25(19)31-23)18-30-34-28(36)22-9-5-2-6-10-22/h1-18H,(H,33,35)(H,34,36)/b29-17+,30-18?. The Labute approximate surface area is 206 Å². The third kappa shape index (κ3) is 5.13. The molecule has 2 heterocycles. The van der Waals surface area contributed by atoms with Crippen molar-refractivity contribution < 1.29 is 9.59 Å². The van der Waals surface area contributed by atoms with E-state index in [9.17, 15) is 9.59 Å². The van der Waals surface area contributed by atoms with Crippen LogP contribution in [0.4, 0.5) is 0 Å². The molecule has 0 aliphatic rings. The number of carbonyl (C=O) groups excluding carboxylic acids is 2. The Balaban J connectivity index is 1.36. The fraction of sp³-hybridized carbons (Fsp3) is 0. The lowest BCUT2D eigenvalue weighted by atomic mass is 10.1. The van der Waals surface area contributed by atoms with Crippen molar-refractivity contribution in [3.8, 4) is 0 Å². The first-order valence-corrected chi connectivity index (χ1v) is 11.1. The Morgan fingerprint density at radius 3 is 1.36 bits per heavy atom. The minimum atomic E-state index is -0.303. The van der Waals surface area contributed by atoms with Crippen LogP contribution < -0.4 is 10.9 Å². The van der Waals surface area contributed by atoms with Crippen LogP contribution in [0, 0.1) is 0 Å². The van der Waals surface area contributed by atoms with Crippen molar-refractivity contribution >= 4 is 46.0 Å². The van der Waals surface area contributed by atoms with Crippen LogP contribution in [0.5, 0.6) is 0 Å². The molecule has 0 unspecified atom stereocenters. The molecular weight excluding hydrogens is 452 g/mol. The summed E-state index contributed by atoms with van der Waals surface area (Å²) in [5.74, 6) is -0.605.